The van der Waals surface area contributed by atoms with Crippen molar-refractivity contribution in [1.82, 2.24) is 19.7 Å². The number of rotatable bonds is 5. The summed E-state index contributed by atoms with van der Waals surface area (Å²) in [6.45, 7) is 2.07. The van der Waals surface area contributed by atoms with Crippen molar-refractivity contribution in [2.75, 3.05) is 0 Å². The second-order valence-corrected chi connectivity index (χ2v) is 7.53. The van der Waals surface area contributed by atoms with E-state index in [-0.39, 0.29) is 0 Å². The fourth-order valence-electron chi connectivity index (χ4n) is 2.75. The fraction of sp³-hybridized carbons (Fsp3) is 0.150. The van der Waals surface area contributed by atoms with Gasteiger partial charge in [0.2, 0.25) is 5.89 Å². The molecule has 0 fully saturated rings. The molecule has 4 rings (SSSR count). The lowest BCUT2D eigenvalue weighted by atomic mass is 10.1. The molecule has 27 heavy (non-hydrogen) atoms. The van der Waals surface area contributed by atoms with Gasteiger partial charge in [0.05, 0.1) is 11.9 Å². The summed E-state index contributed by atoms with van der Waals surface area (Å²) >= 11 is 7.58. The Morgan fingerprint density at radius 3 is 2.70 bits per heavy atom. The first-order valence-corrected chi connectivity index (χ1v) is 9.76. The molecule has 0 amide bonds. The van der Waals surface area contributed by atoms with Crippen LogP contribution in [0.4, 0.5) is 0 Å². The van der Waals surface area contributed by atoms with Crippen LogP contribution in [0.3, 0.4) is 0 Å². The van der Waals surface area contributed by atoms with Crippen LogP contribution < -0.4 is 0 Å². The summed E-state index contributed by atoms with van der Waals surface area (Å²) in [6, 6.07) is 15.8. The van der Waals surface area contributed by atoms with Gasteiger partial charge in [-0.25, -0.2) is 4.98 Å². The molecule has 0 aliphatic carbocycles. The average molecular weight is 397 g/mol. The molecular formula is C20H17ClN4OS. The molecule has 136 valence electrons. The van der Waals surface area contributed by atoms with Crippen molar-refractivity contribution in [2.45, 2.75) is 17.8 Å². The zero-order chi connectivity index (χ0) is 18.8. The molecule has 2 heterocycles. The molecule has 2 aromatic heterocycles. The van der Waals surface area contributed by atoms with Gasteiger partial charge in [0, 0.05) is 23.2 Å². The van der Waals surface area contributed by atoms with Gasteiger partial charge in [-0.3, -0.25) is 0 Å². The second-order valence-electron chi connectivity index (χ2n) is 6.15. The maximum atomic E-state index is 6.04. The van der Waals surface area contributed by atoms with Crippen LogP contribution in [-0.2, 0) is 12.8 Å². The van der Waals surface area contributed by atoms with Crippen LogP contribution >= 0.6 is 23.4 Å². The highest BCUT2D eigenvalue weighted by Gasteiger charge is 2.13. The van der Waals surface area contributed by atoms with Gasteiger partial charge < -0.3 is 8.98 Å². The Morgan fingerprint density at radius 2 is 1.89 bits per heavy atom. The minimum atomic E-state index is 0.570. The molecule has 2 aromatic carbocycles. The fourth-order valence-corrected chi connectivity index (χ4v) is 3.71. The molecule has 0 saturated carbocycles. The van der Waals surface area contributed by atoms with Crippen molar-refractivity contribution in [2.24, 2.45) is 7.05 Å². The third kappa shape index (κ3) is 3.91. The van der Waals surface area contributed by atoms with Gasteiger partial charge in [0.1, 0.15) is 0 Å². The van der Waals surface area contributed by atoms with E-state index in [1.54, 1.807) is 6.20 Å². The van der Waals surface area contributed by atoms with Gasteiger partial charge in [-0.1, -0.05) is 59.3 Å². The number of hydrogen-bond donors (Lipinski definition) is 0. The summed E-state index contributed by atoms with van der Waals surface area (Å²) in [6.07, 6.45) is 1.72. The Labute approximate surface area is 166 Å². The predicted molar refractivity (Wildman–Crippen MR) is 108 cm³/mol. The molecule has 0 unspecified atom stereocenters. The molecule has 0 aliphatic heterocycles. The first-order valence-electron chi connectivity index (χ1n) is 8.40. The van der Waals surface area contributed by atoms with Crippen LogP contribution in [0.2, 0.25) is 5.02 Å². The van der Waals surface area contributed by atoms with Crippen molar-refractivity contribution in [3.63, 3.8) is 0 Å². The van der Waals surface area contributed by atoms with Gasteiger partial charge in [0.15, 0.2) is 16.7 Å². The van der Waals surface area contributed by atoms with Crippen LogP contribution in [0.15, 0.2) is 64.3 Å². The minimum absolute atomic E-state index is 0.570. The molecule has 0 radical (unpaired) electrons. The molecule has 4 aromatic rings. The van der Waals surface area contributed by atoms with Crippen molar-refractivity contribution in [3.8, 4) is 22.7 Å². The standard InChI is InChI=1S/C20H17ClN4OS/c1-13-5-3-7-15(9-13)19-23-24-20(25(19)2)27-12-18-22-11-17(26-18)14-6-4-8-16(21)10-14/h3-11H,12H2,1-2H3. The summed E-state index contributed by atoms with van der Waals surface area (Å²) in [5, 5.41) is 10.1. The molecule has 0 aliphatic rings. The van der Waals surface area contributed by atoms with Crippen LogP contribution in [0, 0.1) is 6.92 Å². The normalized spacial score (nSPS) is 11.1. The highest BCUT2D eigenvalue weighted by atomic mass is 35.5. The van der Waals surface area contributed by atoms with Gasteiger partial charge >= 0.3 is 0 Å². The van der Waals surface area contributed by atoms with Crippen LogP contribution in [0.1, 0.15) is 11.5 Å². The van der Waals surface area contributed by atoms with Crippen molar-refractivity contribution < 1.29 is 4.42 Å². The van der Waals surface area contributed by atoms with E-state index in [9.17, 15) is 0 Å². The lowest BCUT2D eigenvalue weighted by Crippen LogP contribution is -1.95. The molecule has 5 nitrogen and oxygen atoms in total. The number of aryl methyl sites for hydroxylation is 1. The third-order valence-electron chi connectivity index (χ3n) is 4.10. The summed E-state index contributed by atoms with van der Waals surface area (Å²) in [7, 11) is 1.97. The monoisotopic (exact) mass is 396 g/mol. The SMILES string of the molecule is Cc1cccc(-c2nnc(SCc3ncc(-c4cccc(Cl)c4)o3)n2C)c1. The Bertz CT molecular complexity index is 1090. The molecule has 0 atom stereocenters. The Kier molecular flexibility index (Phi) is 5.01. The first-order chi connectivity index (χ1) is 13.1. The number of benzene rings is 2. The Balaban J connectivity index is 1.48. The summed E-state index contributed by atoms with van der Waals surface area (Å²) in [4.78, 5) is 4.36. The summed E-state index contributed by atoms with van der Waals surface area (Å²) in [5.74, 6) is 2.75. The summed E-state index contributed by atoms with van der Waals surface area (Å²) in [5.41, 5.74) is 3.15. The first kappa shape index (κ1) is 17.8. The molecular weight excluding hydrogens is 380 g/mol. The smallest absolute Gasteiger partial charge is 0.205 e. The number of hydrogen-bond acceptors (Lipinski definition) is 5. The number of thioether (sulfide) groups is 1. The second kappa shape index (κ2) is 7.58. The lowest BCUT2D eigenvalue weighted by Gasteiger charge is -2.04. The highest BCUT2D eigenvalue weighted by molar-refractivity contribution is 7.98. The minimum Gasteiger partial charge on any atom is -0.440 e. The zero-order valence-corrected chi connectivity index (χ0v) is 16.5. The Hall–Kier alpha value is -2.57. The van der Waals surface area contributed by atoms with E-state index < -0.39 is 0 Å². The maximum absolute atomic E-state index is 6.04. The molecule has 0 N–H and O–H groups in total. The quantitative estimate of drug-likeness (QED) is 0.423. The van der Waals surface area contributed by atoms with E-state index in [0.29, 0.717) is 22.4 Å². The van der Waals surface area contributed by atoms with Crippen molar-refractivity contribution in [1.29, 1.82) is 0 Å². The van der Waals surface area contributed by atoms with Crippen molar-refractivity contribution in [3.05, 3.63) is 71.2 Å². The predicted octanol–water partition coefficient (Wildman–Crippen LogP) is 5.39. The van der Waals surface area contributed by atoms with E-state index in [1.807, 2.05) is 48.0 Å². The molecule has 0 saturated heterocycles. The topological polar surface area (TPSA) is 56.7 Å². The molecule has 7 heteroatoms. The van der Waals surface area contributed by atoms with Gasteiger partial charge in [0.25, 0.3) is 0 Å². The molecule has 0 spiro atoms. The van der Waals surface area contributed by atoms with Gasteiger partial charge in [-0.15, -0.1) is 10.2 Å². The number of aromatic nitrogens is 4. The van der Waals surface area contributed by atoms with E-state index in [2.05, 4.69) is 34.2 Å². The van der Waals surface area contributed by atoms with Crippen LogP contribution in [0.5, 0.6) is 0 Å². The van der Waals surface area contributed by atoms with E-state index >= 15 is 0 Å². The highest BCUT2D eigenvalue weighted by Crippen LogP contribution is 2.28. The van der Waals surface area contributed by atoms with E-state index in [4.69, 9.17) is 16.0 Å². The molecule has 0 bridgehead atoms. The third-order valence-corrected chi connectivity index (χ3v) is 5.34. The average Bonchev–Trinajstić information content (AvgIpc) is 3.27. The number of halogens is 1. The van der Waals surface area contributed by atoms with E-state index in [0.717, 1.165) is 22.1 Å². The van der Waals surface area contributed by atoms with Crippen LogP contribution in [0.25, 0.3) is 22.7 Å². The Morgan fingerprint density at radius 1 is 1.07 bits per heavy atom. The lowest BCUT2D eigenvalue weighted by molar-refractivity contribution is 0.529. The number of nitrogens with zero attached hydrogens (tertiary/aromatic N) is 4. The largest absolute Gasteiger partial charge is 0.440 e. The number of oxazole rings is 1. The van der Waals surface area contributed by atoms with Gasteiger partial charge in [-0.05, 0) is 25.1 Å². The maximum Gasteiger partial charge on any atom is 0.205 e. The summed E-state index contributed by atoms with van der Waals surface area (Å²) < 4.78 is 7.83. The van der Waals surface area contributed by atoms with Gasteiger partial charge in [-0.2, -0.15) is 0 Å². The van der Waals surface area contributed by atoms with E-state index in [1.165, 1.54) is 17.3 Å². The van der Waals surface area contributed by atoms with Crippen LogP contribution in [-0.4, -0.2) is 19.7 Å². The zero-order valence-electron chi connectivity index (χ0n) is 14.9. The van der Waals surface area contributed by atoms with Crippen molar-refractivity contribution >= 4 is 23.4 Å².